The minimum atomic E-state index is -0.423. The van der Waals surface area contributed by atoms with E-state index in [1.54, 1.807) is 18.2 Å². The van der Waals surface area contributed by atoms with E-state index in [0.717, 1.165) is 9.86 Å². The number of nitro benzene ring substituents is 1. The fourth-order valence-corrected chi connectivity index (χ4v) is 1.97. The highest BCUT2D eigenvalue weighted by atomic mass is 79.9. The third kappa shape index (κ3) is 1.74. The van der Waals surface area contributed by atoms with Crippen LogP contribution in [0.15, 0.2) is 34.8 Å². The Balaban J connectivity index is 2.87. The summed E-state index contributed by atoms with van der Waals surface area (Å²) in [5.74, 6) is 0.274. The quantitative estimate of drug-likeness (QED) is 0.625. The number of benzene rings is 2. The summed E-state index contributed by atoms with van der Waals surface area (Å²) < 4.78 is 5.80. The molecule has 2 aromatic rings. The molecule has 2 aromatic carbocycles. The van der Waals surface area contributed by atoms with E-state index in [0.29, 0.717) is 5.39 Å². The summed E-state index contributed by atoms with van der Waals surface area (Å²) >= 11 is 3.30. The van der Waals surface area contributed by atoms with Gasteiger partial charge in [0, 0.05) is 4.47 Å². The van der Waals surface area contributed by atoms with E-state index in [9.17, 15) is 10.1 Å². The predicted molar refractivity (Wildman–Crippen MR) is 64.9 cm³/mol. The third-order valence-corrected chi connectivity index (χ3v) is 2.81. The Morgan fingerprint density at radius 1 is 1.31 bits per heavy atom. The summed E-state index contributed by atoms with van der Waals surface area (Å²) in [7, 11) is 1.42. The van der Waals surface area contributed by atoms with Crippen molar-refractivity contribution in [2.45, 2.75) is 0 Å². The van der Waals surface area contributed by atoms with Gasteiger partial charge in [-0.25, -0.2) is 0 Å². The van der Waals surface area contributed by atoms with Gasteiger partial charge in [-0.3, -0.25) is 10.1 Å². The van der Waals surface area contributed by atoms with Crippen molar-refractivity contribution in [3.8, 4) is 5.75 Å². The highest BCUT2D eigenvalue weighted by Gasteiger charge is 2.19. The topological polar surface area (TPSA) is 52.4 Å². The Bertz CT molecular complexity index is 568. The van der Waals surface area contributed by atoms with Gasteiger partial charge in [0.1, 0.15) is 0 Å². The summed E-state index contributed by atoms with van der Waals surface area (Å²) in [5.41, 5.74) is 0.00120. The van der Waals surface area contributed by atoms with Gasteiger partial charge < -0.3 is 4.74 Å². The third-order valence-electron chi connectivity index (χ3n) is 2.32. The number of methoxy groups -OCH3 is 1. The van der Waals surface area contributed by atoms with Crippen LogP contribution in [-0.2, 0) is 0 Å². The number of halogens is 1. The van der Waals surface area contributed by atoms with Gasteiger partial charge in [-0.15, -0.1) is 0 Å². The van der Waals surface area contributed by atoms with Gasteiger partial charge in [0.2, 0.25) is 0 Å². The first kappa shape index (κ1) is 10.9. The second-order valence-electron chi connectivity index (χ2n) is 3.24. The van der Waals surface area contributed by atoms with Crippen LogP contribution in [-0.4, -0.2) is 12.0 Å². The molecule has 0 aliphatic rings. The van der Waals surface area contributed by atoms with Crippen LogP contribution in [0.25, 0.3) is 10.8 Å². The molecule has 0 spiro atoms. The summed E-state index contributed by atoms with van der Waals surface area (Å²) in [6.07, 6.45) is 0. The van der Waals surface area contributed by atoms with E-state index in [2.05, 4.69) is 15.9 Å². The lowest BCUT2D eigenvalue weighted by Gasteiger charge is -2.05. The molecular weight excluding hydrogens is 274 g/mol. The monoisotopic (exact) mass is 281 g/mol. The molecule has 0 fully saturated rings. The van der Waals surface area contributed by atoms with Gasteiger partial charge in [0.25, 0.3) is 0 Å². The number of ether oxygens (including phenoxy) is 1. The van der Waals surface area contributed by atoms with Crippen molar-refractivity contribution >= 4 is 32.4 Å². The molecule has 0 aromatic heterocycles. The average Bonchev–Trinajstić information content (AvgIpc) is 2.26. The molecule has 2 rings (SSSR count). The zero-order valence-corrected chi connectivity index (χ0v) is 10.0. The number of hydrogen-bond donors (Lipinski definition) is 0. The van der Waals surface area contributed by atoms with E-state index in [1.807, 2.05) is 12.1 Å². The second kappa shape index (κ2) is 4.09. The fourth-order valence-electron chi connectivity index (χ4n) is 1.61. The first-order valence-corrected chi connectivity index (χ1v) is 5.33. The number of nitrogens with zero attached hydrogens (tertiary/aromatic N) is 1. The first-order chi connectivity index (χ1) is 7.63. The molecular formula is C11H8BrNO3. The van der Waals surface area contributed by atoms with Gasteiger partial charge >= 0.3 is 5.69 Å². The molecule has 0 aliphatic heterocycles. The Morgan fingerprint density at radius 2 is 2.00 bits per heavy atom. The van der Waals surface area contributed by atoms with Gasteiger partial charge in [0.15, 0.2) is 5.75 Å². The Hall–Kier alpha value is -1.62. The van der Waals surface area contributed by atoms with Gasteiger partial charge in [-0.1, -0.05) is 28.1 Å². The minimum Gasteiger partial charge on any atom is -0.490 e. The molecule has 0 aliphatic carbocycles. The lowest BCUT2D eigenvalue weighted by Crippen LogP contribution is -1.94. The van der Waals surface area contributed by atoms with Crippen molar-refractivity contribution in [3.05, 3.63) is 44.9 Å². The maximum Gasteiger partial charge on any atom is 0.318 e. The average molecular weight is 282 g/mol. The van der Waals surface area contributed by atoms with Crippen LogP contribution < -0.4 is 4.74 Å². The molecule has 0 radical (unpaired) electrons. The van der Waals surface area contributed by atoms with E-state index in [1.165, 1.54) is 7.11 Å². The Labute approximate surface area is 100 Å². The second-order valence-corrected chi connectivity index (χ2v) is 4.15. The van der Waals surface area contributed by atoms with Crippen LogP contribution in [0.4, 0.5) is 5.69 Å². The molecule has 4 nitrogen and oxygen atoms in total. The van der Waals surface area contributed by atoms with E-state index >= 15 is 0 Å². The Morgan fingerprint density at radius 3 is 2.62 bits per heavy atom. The van der Waals surface area contributed by atoms with Crippen molar-refractivity contribution in [1.29, 1.82) is 0 Å². The van der Waals surface area contributed by atoms with E-state index in [4.69, 9.17) is 4.74 Å². The van der Waals surface area contributed by atoms with Gasteiger partial charge in [-0.05, 0) is 23.6 Å². The molecule has 0 saturated carbocycles. The molecule has 0 atom stereocenters. The summed E-state index contributed by atoms with van der Waals surface area (Å²) in [4.78, 5) is 10.6. The first-order valence-electron chi connectivity index (χ1n) is 4.54. The van der Waals surface area contributed by atoms with Crippen LogP contribution in [0.5, 0.6) is 5.75 Å². The molecule has 82 valence electrons. The van der Waals surface area contributed by atoms with Crippen LogP contribution in [0.2, 0.25) is 0 Å². The highest BCUT2D eigenvalue weighted by molar-refractivity contribution is 9.10. The summed E-state index contributed by atoms with van der Waals surface area (Å²) in [6, 6.07) is 8.79. The van der Waals surface area contributed by atoms with Crippen molar-refractivity contribution in [3.63, 3.8) is 0 Å². The van der Waals surface area contributed by atoms with Crippen molar-refractivity contribution in [2.75, 3.05) is 7.11 Å². The van der Waals surface area contributed by atoms with Gasteiger partial charge in [-0.2, -0.15) is 0 Å². The molecule has 0 heterocycles. The molecule has 0 N–H and O–H groups in total. The number of hydrogen-bond acceptors (Lipinski definition) is 3. The molecule has 5 heteroatoms. The fraction of sp³-hybridized carbons (Fsp3) is 0.0909. The molecule has 0 bridgehead atoms. The van der Waals surface area contributed by atoms with Crippen LogP contribution in [0.3, 0.4) is 0 Å². The summed E-state index contributed by atoms with van der Waals surface area (Å²) in [6.45, 7) is 0. The van der Waals surface area contributed by atoms with Crippen LogP contribution >= 0.6 is 15.9 Å². The molecule has 0 amide bonds. The largest absolute Gasteiger partial charge is 0.490 e. The smallest absolute Gasteiger partial charge is 0.318 e. The SMILES string of the molecule is COc1ccc2ccc(Br)cc2c1[N+](=O)[O-]. The van der Waals surface area contributed by atoms with E-state index in [-0.39, 0.29) is 11.4 Å². The molecule has 0 unspecified atom stereocenters. The van der Waals surface area contributed by atoms with Crippen LogP contribution in [0.1, 0.15) is 0 Å². The minimum absolute atomic E-state index is 0.00120. The normalized spacial score (nSPS) is 10.4. The van der Waals surface area contributed by atoms with E-state index < -0.39 is 4.92 Å². The lowest BCUT2D eigenvalue weighted by atomic mass is 10.1. The maximum absolute atomic E-state index is 11.0. The zero-order valence-electron chi connectivity index (χ0n) is 8.44. The van der Waals surface area contributed by atoms with Crippen molar-refractivity contribution in [2.24, 2.45) is 0 Å². The number of rotatable bonds is 2. The number of fused-ring (bicyclic) bond motifs is 1. The van der Waals surface area contributed by atoms with Crippen molar-refractivity contribution < 1.29 is 9.66 Å². The standard InChI is InChI=1S/C11H8BrNO3/c1-16-10-5-3-7-2-4-8(12)6-9(7)11(10)13(14)15/h2-6H,1H3. The van der Waals surface area contributed by atoms with Crippen LogP contribution in [0, 0.1) is 10.1 Å². The molecule has 16 heavy (non-hydrogen) atoms. The Kier molecular flexibility index (Phi) is 2.78. The predicted octanol–water partition coefficient (Wildman–Crippen LogP) is 3.52. The van der Waals surface area contributed by atoms with Crippen molar-refractivity contribution in [1.82, 2.24) is 0 Å². The number of nitro groups is 1. The lowest BCUT2D eigenvalue weighted by molar-refractivity contribution is -0.383. The maximum atomic E-state index is 11.0. The molecule has 0 saturated heterocycles. The highest BCUT2D eigenvalue weighted by Crippen LogP contribution is 2.36. The zero-order chi connectivity index (χ0) is 11.7. The van der Waals surface area contributed by atoms with Gasteiger partial charge in [0.05, 0.1) is 17.4 Å². The summed E-state index contributed by atoms with van der Waals surface area (Å²) in [5, 5.41) is 12.4.